The maximum absolute atomic E-state index is 13.2. The molecule has 32 heavy (non-hydrogen) atoms. The zero-order valence-corrected chi connectivity index (χ0v) is 17.8. The van der Waals surface area contributed by atoms with Gasteiger partial charge in [0.2, 0.25) is 0 Å². The molecule has 0 aromatic heterocycles. The van der Waals surface area contributed by atoms with Crippen LogP contribution in [0.5, 0.6) is 11.5 Å². The van der Waals surface area contributed by atoms with Crippen LogP contribution in [-0.4, -0.2) is 44.5 Å². The highest BCUT2D eigenvalue weighted by Crippen LogP contribution is 2.48. The molecule has 1 fully saturated rings. The van der Waals surface area contributed by atoms with E-state index in [9.17, 15) is 13.2 Å². The molecule has 174 valence electrons. The number of fused-ring (bicyclic) bond motifs is 1. The molecule has 2 aliphatic heterocycles. The SMILES string of the molecule is CC1(C)COc2c(-c3cc(C4OCCO4)ccc3OC(F)(F)F)cc(COCCO)cc21. The predicted molar refractivity (Wildman–Crippen MR) is 108 cm³/mol. The highest BCUT2D eigenvalue weighted by atomic mass is 19.4. The highest BCUT2D eigenvalue weighted by Gasteiger charge is 2.37. The zero-order valence-electron chi connectivity index (χ0n) is 17.8. The molecule has 0 spiro atoms. The normalized spacial score (nSPS) is 17.9. The first-order chi connectivity index (χ1) is 15.2. The number of alkyl halides is 3. The predicted octanol–water partition coefficient (Wildman–Crippen LogP) is 4.48. The third kappa shape index (κ3) is 4.85. The summed E-state index contributed by atoms with van der Waals surface area (Å²) in [7, 11) is 0. The van der Waals surface area contributed by atoms with Crippen molar-refractivity contribution in [1.82, 2.24) is 0 Å². The Morgan fingerprint density at radius 1 is 1.09 bits per heavy atom. The second-order valence-electron chi connectivity index (χ2n) is 8.35. The smallest absolute Gasteiger partial charge is 0.492 e. The van der Waals surface area contributed by atoms with Crippen molar-refractivity contribution in [1.29, 1.82) is 0 Å². The van der Waals surface area contributed by atoms with Crippen LogP contribution in [0.1, 0.15) is 36.8 Å². The standard InChI is InChI=1S/C23H25F3O6/c1-22(2)13-31-20-17(9-14(10-18(20)22)12-28-6-5-27)16-11-15(21-29-7-8-30-21)3-4-19(16)32-23(24,25)26/h3-4,9-11,21,27H,5-8,12-13H2,1-2H3. The summed E-state index contributed by atoms with van der Waals surface area (Å²) in [4.78, 5) is 0. The number of benzene rings is 2. The minimum absolute atomic E-state index is 0.126. The van der Waals surface area contributed by atoms with E-state index in [0.29, 0.717) is 36.7 Å². The number of aliphatic hydroxyl groups is 1. The van der Waals surface area contributed by atoms with Crippen molar-refractivity contribution in [2.75, 3.05) is 33.0 Å². The molecule has 0 saturated carbocycles. The molecule has 0 atom stereocenters. The number of halogens is 3. The van der Waals surface area contributed by atoms with Gasteiger partial charge in [-0.2, -0.15) is 0 Å². The van der Waals surface area contributed by atoms with Gasteiger partial charge in [0.05, 0.1) is 39.6 Å². The summed E-state index contributed by atoms with van der Waals surface area (Å²) >= 11 is 0. The Hall–Kier alpha value is -2.33. The third-order valence-corrected chi connectivity index (χ3v) is 5.37. The second kappa shape index (κ2) is 8.90. The maximum atomic E-state index is 13.2. The summed E-state index contributed by atoms with van der Waals surface area (Å²) < 4.78 is 66.3. The lowest BCUT2D eigenvalue weighted by atomic mass is 9.84. The van der Waals surface area contributed by atoms with Crippen LogP contribution in [0, 0.1) is 0 Å². The van der Waals surface area contributed by atoms with Gasteiger partial charge >= 0.3 is 6.36 Å². The van der Waals surface area contributed by atoms with E-state index < -0.39 is 12.7 Å². The minimum Gasteiger partial charge on any atom is -0.492 e. The number of rotatable bonds is 7. The molecule has 0 unspecified atom stereocenters. The Kier molecular flexibility index (Phi) is 6.35. The van der Waals surface area contributed by atoms with E-state index in [1.54, 1.807) is 12.1 Å². The van der Waals surface area contributed by atoms with E-state index in [4.69, 9.17) is 24.1 Å². The number of hydrogen-bond donors (Lipinski definition) is 1. The van der Waals surface area contributed by atoms with Gasteiger partial charge < -0.3 is 28.8 Å². The summed E-state index contributed by atoms with van der Waals surface area (Å²) in [5.41, 5.74) is 2.56. The van der Waals surface area contributed by atoms with E-state index >= 15 is 0 Å². The lowest BCUT2D eigenvalue weighted by Gasteiger charge is -2.20. The molecule has 2 aliphatic rings. The van der Waals surface area contributed by atoms with Crippen LogP contribution in [0.4, 0.5) is 13.2 Å². The Morgan fingerprint density at radius 3 is 2.53 bits per heavy atom. The van der Waals surface area contributed by atoms with Crippen LogP contribution in [0.3, 0.4) is 0 Å². The van der Waals surface area contributed by atoms with Crippen molar-refractivity contribution >= 4 is 0 Å². The van der Waals surface area contributed by atoms with Gasteiger partial charge in [0.1, 0.15) is 11.5 Å². The summed E-state index contributed by atoms with van der Waals surface area (Å²) in [5, 5.41) is 9.00. The van der Waals surface area contributed by atoms with Crippen molar-refractivity contribution in [3.05, 3.63) is 47.0 Å². The van der Waals surface area contributed by atoms with Gasteiger partial charge in [-0.1, -0.05) is 19.9 Å². The molecule has 1 N–H and O–H groups in total. The lowest BCUT2D eigenvalue weighted by Crippen LogP contribution is -2.18. The number of ether oxygens (including phenoxy) is 5. The van der Waals surface area contributed by atoms with E-state index in [1.165, 1.54) is 12.1 Å². The van der Waals surface area contributed by atoms with E-state index in [-0.39, 0.29) is 36.5 Å². The van der Waals surface area contributed by atoms with Crippen molar-refractivity contribution in [2.24, 2.45) is 0 Å². The van der Waals surface area contributed by atoms with Gasteiger partial charge in [0, 0.05) is 27.7 Å². The first-order valence-electron chi connectivity index (χ1n) is 10.3. The fourth-order valence-corrected chi connectivity index (χ4v) is 3.88. The average molecular weight is 454 g/mol. The molecule has 2 heterocycles. The Bertz CT molecular complexity index is 967. The van der Waals surface area contributed by atoms with Crippen LogP contribution in [0.2, 0.25) is 0 Å². The molecule has 6 nitrogen and oxygen atoms in total. The van der Waals surface area contributed by atoms with Crippen molar-refractivity contribution < 1.29 is 42.0 Å². The largest absolute Gasteiger partial charge is 0.573 e. The molecular formula is C23H25F3O6. The topological polar surface area (TPSA) is 66.4 Å². The van der Waals surface area contributed by atoms with Gasteiger partial charge in [0.25, 0.3) is 0 Å². The summed E-state index contributed by atoms with van der Waals surface area (Å²) in [5.74, 6) is 0.168. The van der Waals surface area contributed by atoms with E-state index in [0.717, 1.165) is 11.1 Å². The molecular weight excluding hydrogens is 429 g/mol. The van der Waals surface area contributed by atoms with E-state index in [2.05, 4.69) is 4.74 Å². The van der Waals surface area contributed by atoms with Crippen LogP contribution >= 0.6 is 0 Å². The summed E-state index contributed by atoms with van der Waals surface area (Å²) in [6.45, 7) is 5.44. The zero-order chi connectivity index (χ0) is 22.9. The van der Waals surface area contributed by atoms with Crippen molar-refractivity contribution in [3.63, 3.8) is 0 Å². The number of hydrogen-bond acceptors (Lipinski definition) is 6. The quantitative estimate of drug-likeness (QED) is 0.623. The van der Waals surface area contributed by atoms with Crippen molar-refractivity contribution in [3.8, 4) is 22.6 Å². The van der Waals surface area contributed by atoms with Crippen LogP contribution in [-0.2, 0) is 26.2 Å². The molecule has 0 aliphatic carbocycles. The maximum Gasteiger partial charge on any atom is 0.573 e. The highest BCUT2D eigenvalue weighted by molar-refractivity contribution is 5.79. The number of aliphatic hydroxyl groups excluding tert-OH is 1. The fraction of sp³-hybridized carbons (Fsp3) is 0.478. The summed E-state index contributed by atoms with van der Waals surface area (Å²) in [6, 6.07) is 8.01. The molecule has 2 aromatic rings. The van der Waals surface area contributed by atoms with Gasteiger partial charge in [0.15, 0.2) is 6.29 Å². The molecule has 0 bridgehead atoms. The van der Waals surface area contributed by atoms with Gasteiger partial charge in [-0.05, 0) is 29.8 Å². The van der Waals surface area contributed by atoms with Crippen molar-refractivity contribution in [2.45, 2.75) is 38.5 Å². The monoisotopic (exact) mass is 454 g/mol. The second-order valence-corrected chi connectivity index (χ2v) is 8.35. The molecule has 0 radical (unpaired) electrons. The Morgan fingerprint density at radius 2 is 1.84 bits per heavy atom. The van der Waals surface area contributed by atoms with Crippen LogP contribution < -0.4 is 9.47 Å². The lowest BCUT2D eigenvalue weighted by molar-refractivity contribution is -0.274. The first-order valence-corrected chi connectivity index (χ1v) is 10.3. The first kappa shape index (κ1) is 22.8. The fourth-order valence-electron chi connectivity index (χ4n) is 3.88. The molecule has 4 rings (SSSR count). The molecule has 0 amide bonds. The van der Waals surface area contributed by atoms with Gasteiger partial charge in [-0.25, -0.2) is 0 Å². The van der Waals surface area contributed by atoms with Gasteiger partial charge in [-0.15, -0.1) is 13.2 Å². The average Bonchev–Trinajstić information content (AvgIpc) is 3.36. The minimum atomic E-state index is -4.86. The van der Waals surface area contributed by atoms with Gasteiger partial charge in [-0.3, -0.25) is 0 Å². The molecule has 1 saturated heterocycles. The Labute approximate surface area is 183 Å². The molecule has 9 heteroatoms. The van der Waals surface area contributed by atoms with E-state index in [1.807, 2.05) is 19.9 Å². The van der Waals surface area contributed by atoms with Crippen LogP contribution in [0.25, 0.3) is 11.1 Å². The Balaban J connectivity index is 1.85. The third-order valence-electron chi connectivity index (χ3n) is 5.37. The summed E-state index contributed by atoms with van der Waals surface area (Å²) in [6.07, 6.45) is -5.52. The van der Waals surface area contributed by atoms with Crippen LogP contribution in [0.15, 0.2) is 30.3 Å². The molecule has 2 aromatic carbocycles.